The van der Waals surface area contributed by atoms with Crippen LogP contribution in [-0.4, -0.2) is 32.9 Å². The average molecular weight is 680 g/mol. The van der Waals surface area contributed by atoms with Gasteiger partial charge in [-0.15, -0.1) is 0 Å². The van der Waals surface area contributed by atoms with Crippen LogP contribution in [0.4, 0.5) is 5.69 Å². The largest absolute Gasteiger partial charge is 0.469 e. The number of carbonyl (C=O) groups excluding carboxylic acids is 2. The highest BCUT2D eigenvalue weighted by molar-refractivity contribution is 6.07. The number of amides is 1. The molecule has 51 heavy (non-hydrogen) atoms. The first-order valence-corrected chi connectivity index (χ1v) is 17.9. The molecule has 2 unspecified atom stereocenters. The van der Waals surface area contributed by atoms with Crippen molar-refractivity contribution < 1.29 is 23.2 Å². The van der Waals surface area contributed by atoms with E-state index in [0.717, 1.165) is 56.4 Å². The summed E-state index contributed by atoms with van der Waals surface area (Å²) in [5.41, 5.74) is 7.15. The van der Waals surface area contributed by atoms with Crippen molar-refractivity contribution in [1.29, 1.82) is 0 Å². The summed E-state index contributed by atoms with van der Waals surface area (Å²) in [6, 6.07) is 18.1. The summed E-state index contributed by atoms with van der Waals surface area (Å²) in [5, 5.41) is 8.08. The van der Waals surface area contributed by atoms with Gasteiger partial charge in [-0.25, -0.2) is 9.97 Å². The second kappa shape index (κ2) is 10.7. The second-order valence-corrected chi connectivity index (χ2v) is 14.8. The van der Waals surface area contributed by atoms with Crippen LogP contribution in [0.2, 0.25) is 0 Å². The molecule has 10 rings (SSSR count). The van der Waals surface area contributed by atoms with Crippen molar-refractivity contribution in [2.45, 2.75) is 64.6 Å². The zero-order valence-electron chi connectivity index (χ0n) is 28.8. The van der Waals surface area contributed by atoms with E-state index in [1.807, 2.05) is 46.0 Å². The Labute approximate surface area is 294 Å². The fraction of sp³-hybridized carbons (Fsp3) is 0.317. The Hall–Kier alpha value is -5.64. The Morgan fingerprint density at radius 1 is 1.00 bits per heavy atom. The Bertz CT molecular complexity index is 2440. The van der Waals surface area contributed by atoms with Crippen LogP contribution in [0.15, 0.2) is 75.8 Å². The highest BCUT2D eigenvalue weighted by Gasteiger charge is 2.61. The van der Waals surface area contributed by atoms with Gasteiger partial charge in [-0.2, -0.15) is 0 Å². The smallest absolute Gasteiger partial charge is 0.249 e. The number of para-hydroxylation sites is 1. The number of H-pyrrole nitrogens is 1. The molecule has 0 saturated carbocycles. The molecule has 4 aliphatic heterocycles. The number of aromatic nitrogens is 3. The number of oxazole rings is 2. The number of nitrogens with one attached hydrogen (secondary N) is 3. The number of aromatic amines is 1. The van der Waals surface area contributed by atoms with Crippen LogP contribution in [0.5, 0.6) is 5.75 Å². The number of hydrogen-bond donors (Lipinski definition) is 3. The standard InChI is InChI=1S/C41H37N5O5/c1-5-20(4)29(47)16-22-14-21-12-13-30-27(15-21)41-26-10-6-9-24(34(26)46-40(41)50-30)23-8-7-11-28-32(23)25(17-42-28)31-18-43-38(49-31)35-36(41)51-39(45-35)33(19(2)3)44-37(22)48/h6-13,15,17-20,22,33,40,42,46H,5,14,16H2,1-4H3,(H,44,48)/t20-,22?,33-,40?,41-/m0/s1. The van der Waals surface area contributed by atoms with Crippen molar-refractivity contribution in [3.8, 4) is 39.8 Å². The summed E-state index contributed by atoms with van der Waals surface area (Å²) >= 11 is 0. The Kier molecular flexibility index (Phi) is 6.33. The summed E-state index contributed by atoms with van der Waals surface area (Å²) < 4.78 is 20.5. The van der Waals surface area contributed by atoms with Crippen molar-refractivity contribution in [2.75, 3.05) is 5.32 Å². The number of fused-ring (bicyclic) bond motifs is 7. The molecule has 0 saturated heterocycles. The highest BCUT2D eigenvalue weighted by Crippen LogP contribution is 2.61. The molecular formula is C41H37N5O5. The summed E-state index contributed by atoms with van der Waals surface area (Å²) in [7, 11) is 0. The summed E-state index contributed by atoms with van der Waals surface area (Å²) in [6.45, 7) is 7.98. The number of nitrogens with zero attached hydrogens (tertiary/aromatic N) is 2. The van der Waals surface area contributed by atoms with Crippen LogP contribution in [-0.2, 0) is 21.4 Å². The van der Waals surface area contributed by atoms with Crippen molar-refractivity contribution in [2.24, 2.45) is 17.8 Å². The van der Waals surface area contributed by atoms with Crippen molar-refractivity contribution in [3.05, 3.63) is 95.3 Å². The molecule has 6 aromatic rings. The summed E-state index contributed by atoms with van der Waals surface area (Å²) in [6.07, 6.45) is 4.37. The van der Waals surface area contributed by atoms with Crippen molar-refractivity contribution in [3.63, 3.8) is 0 Å². The van der Waals surface area contributed by atoms with Crippen molar-refractivity contribution in [1.82, 2.24) is 20.3 Å². The van der Waals surface area contributed by atoms with Gasteiger partial charge < -0.3 is 29.2 Å². The number of ether oxygens (including phenoxy) is 1. The highest BCUT2D eigenvalue weighted by atomic mass is 16.5. The molecule has 1 spiro atoms. The lowest BCUT2D eigenvalue weighted by Gasteiger charge is -2.28. The van der Waals surface area contributed by atoms with Crippen LogP contribution in [0.25, 0.3) is 44.9 Å². The molecule has 0 aliphatic carbocycles. The first-order chi connectivity index (χ1) is 24.8. The first kappa shape index (κ1) is 30.2. The molecule has 0 fully saturated rings. The van der Waals surface area contributed by atoms with Gasteiger partial charge in [-0.3, -0.25) is 9.59 Å². The zero-order chi connectivity index (χ0) is 34.8. The fourth-order valence-corrected chi connectivity index (χ4v) is 8.64. The maximum atomic E-state index is 14.2. The molecule has 10 heteroatoms. The lowest BCUT2D eigenvalue weighted by Crippen LogP contribution is -2.40. The number of benzene rings is 3. The molecule has 0 radical (unpaired) electrons. The van der Waals surface area contributed by atoms with Gasteiger partial charge in [0.1, 0.15) is 23.0 Å². The van der Waals surface area contributed by atoms with Gasteiger partial charge in [0.25, 0.3) is 0 Å². The molecule has 4 aliphatic rings. The SMILES string of the molecule is CC[C@H](C)C(=O)CC1Cc2ccc3c(c2)[C@]24c5cccc(c5NC2O3)-c2cccc3[nH]cc(c23)-c2cnc(o2)-c2nc(oc24)[C@H](C(C)C)NC1=O. The van der Waals surface area contributed by atoms with E-state index in [2.05, 4.69) is 58.1 Å². The Morgan fingerprint density at radius 2 is 1.84 bits per heavy atom. The minimum absolute atomic E-state index is 0.0828. The summed E-state index contributed by atoms with van der Waals surface area (Å²) in [4.78, 5) is 41.0. The molecule has 256 valence electrons. The predicted molar refractivity (Wildman–Crippen MR) is 191 cm³/mol. The number of anilines is 1. The van der Waals surface area contributed by atoms with Gasteiger partial charge in [0.05, 0.1) is 6.20 Å². The third-order valence-electron chi connectivity index (χ3n) is 11.5. The van der Waals surface area contributed by atoms with E-state index < -0.39 is 23.6 Å². The van der Waals surface area contributed by atoms with Gasteiger partial charge in [0.15, 0.2) is 23.4 Å². The van der Waals surface area contributed by atoms with Crippen molar-refractivity contribution >= 4 is 28.3 Å². The maximum Gasteiger partial charge on any atom is 0.249 e. The molecule has 3 N–H and O–H groups in total. The minimum atomic E-state index is -0.993. The molecule has 10 bridgehead atoms. The van der Waals surface area contributed by atoms with E-state index >= 15 is 0 Å². The van der Waals surface area contributed by atoms with Crippen LogP contribution in [0, 0.1) is 17.8 Å². The van der Waals surface area contributed by atoms with Gasteiger partial charge >= 0.3 is 0 Å². The summed E-state index contributed by atoms with van der Waals surface area (Å²) in [5.74, 6) is 1.58. The number of rotatable bonds is 5. The first-order valence-electron chi connectivity index (χ1n) is 17.9. The van der Waals surface area contributed by atoms with E-state index in [1.54, 1.807) is 6.20 Å². The topological polar surface area (TPSA) is 135 Å². The monoisotopic (exact) mass is 679 g/mol. The lowest BCUT2D eigenvalue weighted by molar-refractivity contribution is -0.131. The van der Waals surface area contributed by atoms with Gasteiger partial charge in [-0.05, 0) is 42.0 Å². The van der Waals surface area contributed by atoms with Crippen LogP contribution in [0.1, 0.15) is 74.9 Å². The van der Waals surface area contributed by atoms with Gasteiger partial charge in [-0.1, -0.05) is 70.2 Å². The number of Topliss-reactive ketones (excluding diaryl/α,β-unsaturated/α-hetero) is 1. The van der Waals surface area contributed by atoms with E-state index in [4.69, 9.17) is 23.5 Å². The van der Waals surface area contributed by atoms with Gasteiger partial charge in [0.2, 0.25) is 17.7 Å². The Balaban J connectivity index is 1.29. The third-order valence-corrected chi connectivity index (χ3v) is 11.5. The molecule has 3 aromatic heterocycles. The fourth-order valence-electron chi connectivity index (χ4n) is 8.64. The Morgan fingerprint density at radius 3 is 2.69 bits per heavy atom. The lowest BCUT2D eigenvalue weighted by atomic mass is 9.72. The molecule has 1 amide bonds. The number of hydrogen-bond acceptors (Lipinski definition) is 8. The number of ketones is 1. The molecule has 5 atom stereocenters. The molecule has 3 aromatic carbocycles. The van der Waals surface area contributed by atoms with E-state index in [-0.39, 0.29) is 29.9 Å². The van der Waals surface area contributed by atoms with Gasteiger partial charge in [0, 0.05) is 63.3 Å². The zero-order valence-corrected chi connectivity index (χ0v) is 28.8. The average Bonchev–Trinajstić information content (AvgIpc) is 3.95. The van der Waals surface area contributed by atoms with Crippen LogP contribution in [0.3, 0.4) is 0 Å². The second-order valence-electron chi connectivity index (χ2n) is 14.8. The quantitative estimate of drug-likeness (QED) is 0.167. The van der Waals surface area contributed by atoms with Crippen LogP contribution < -0.4 is 15.4 Å². The predicted octanol–water partition coefficient (Wildman–Crippen LogP) is 7.93. The number of carbonyl (C=O) groups is 2. The van der Waals surface area contributed by atoms with E-state index in [0.29, 0.717) is 41.2 Å². The minimum Gasteiger partial charge on any atom is -0.469 e. The molecule has 7 heterocycles. The maximum absolute atomic E-state index is 14.2. The third kappa shape index (κ3) is 4.10. The normalized spacial score (nSPS) is 22.8. The van der Waals surface area contributed by atoms with Crippen LogP contribution >= 0.6 is 0 Å². The van der Waals surface area contributed by atoms with E-state index in [1.165, 1.54) is 0 Å². The van der Waals surface area contributed by atoms with E-state index in [9.17, 15) is 9.59 Å². The molecular weight excluding hydrogens is 642 g/mol. The molecule has 10 nitrogen and oxygen atoms in total.